The van der Waals surface area contributed by atoms with Crippen molar-refractivity contribution in [1.82, 2.24) is 4.98 Å². The number of anilines is 1. The Morgan fingerprint density at radius 2 is 2.13 bits per heavy atom. The Labute approximate surface area is 90.8 Å². The van der Waals surface area contributed by atoms with E-state index in [0.717, 1.165) is 5.82 Å². The summed E-state index contributed by atoms with van der Waals surface area (Å²) in [6.45, 7) is 6.05. The van der Waals surface area contributed by atoms with Crippen LogP contribution in [-0.4, -0.2) is 23.7 Å². The summed E-state index contributed by atoms with van der Waals surface area (Å²) in [5.41, 5.74) is 5.67. The average Bonchev–Trinajstić information content (AvgIpc) is 2.17. The van der Waals surface area contributed by atoms with Gasteiger partial charge < -0.3 is 15.8 Å². The molecule has 0 aromatic carbocycles. The van der Waals surface area contributed by atoms with E-state index in [2.05, 4.69) is 10.3 Å². The van der Waals surface area contributed by atoms with Crippen LogP contribution >= 0.6 is 0 Å². The Kier molecular flexibility index (Phi) is 3.52. The molecule has 1 atom stereocenters. The summed E-state index contributed by atoms with van der Waals surface area (Å²) in [5, 5.41) is 3.28. The first-order valence-electron chi connectivity index (χ1n) is 5.00. The molecule has 1 aromatic rings. The number of nitrogens with one attached hydrogen (secondary N) is 1. The number of nitrogens with two attached hydrogens (primary N) is 1. The van der Waals surface area contributed by atoms with Gasteiger partial charge in [0.1, 0.15) is 5.82 Å². The monoisotopic (exact) mass is 209 g/mol. The molecule has 0 aliphatic heterocycles. The second-order valence-electron chi connectivity index (χ2n) is 4.20. The highest BCUT2D eigenvalue weighted by molar-refractivity contribution is 5.40. The first-order valence-corrected chi connectivity index (χ1v) is 5.00. The summed E-state index contributed by atoms with van der Waals surface area (Å²) in [4.78, 5) is 4.27. The molecule has 84 valence electrons. The highest BCUT2D eigenvalue weighted by Gasteiger charge is 2.22. The van der Waals surface area contributed by atoms with Crippen LogP contribution in [0.2, 0.25) is 0 Å². The summed E-state index contributed by atoms with van der Waals surface area (Å²) in [6.07, 6.45) is 0. The van der Waals surface area contributed by atoms with E-state index in [9.17, 15) is 0 Å². The van der Waals surface area contributed by atoms with Gasteiger partial charge in [0.25, 0.3) is 0 Å². The molecule has 1 rings (SSSR count). The van der Waals surface area contributed by atoms with Crippen LogP contribution in [0.3, 0.4) is 0 Å². The third-order valence-electron chi connectivity index (χ3n) is 2.52. The van der Waals surface area contributed by atoms with E-state index in [1.165, 1.54) is 0 Å². The van der Waals surface area contributed by atoms with Crippen LogP contribution in [0.1, 0.15) is 20.8 Å². The molecule has 0 radical (unpaired) electrons. The minimum atomic E-state index is -0.195. The van der Waals surface area contributed by atoms with E-state index in [4.69, 9.17) is 10.5 Å². The zero-order valence-corrected chi connectivity index (χ0v) is 9.74. The molecular weight excluding hydrogens is 190 g/mol. The van der Waals surface area contributed by atoms with Crippen LogP contribution in [0, 0.1) is 0 Å². The molecule has 0 bridgehead atoms. The first kappa shape index (κ1) is 11.8. The number of methoxy groups -OCH3 is 1. The zero-order valence-electron chi connectivity index (χ0n) is 9.74. The van der Waals surface area contributed by atoms with Gasteiger partial charge >= 0.3 is 0 Å². The van der Waals surface area contributed by atoms with Gasteiger partial charge in [0.05, 0.1) is 7.11 Å². The van der Waals surface area contributed by atoms with Crippen molar-refractivity contribution in [2.45, 2.75) is 32.4 Å². The summed E-state index contributed by atoms with van der Waals surface area (Å²) < 4.78 is 5.05. The Morgan fingerprint density at radius 1 is 1.47 bits per heavy atom. The van der Waals surface area contributed by atoms with Gasteiger partial charge in [0.15, 0.2) is 0 Å². The van der Waals surface area contributed by atoms with Crippen molar-refractivity contribution < 1.29 is 4.74 Å². The summed E-state index contributed by atoms with van der Waals surface area (Å²) in [7, 11) is 1.60. The van der Waals surface area contributed by atoms with Crippen molar-refractivity contribution in [2.24, 2.45) is 5.73 Å². The van der Waals surface area contributed by atoms with Gasteiger partial charge in [-0.2, -0.15) is 4.98 Å². The summed E-state index contributed by atoms with van der Waals surface area (Å²) in [6, 6.07) is 5.63. The Morgan fingerprint density at radius 3 is 2.67 bits per heavy atom. The van der Waals surface area contributed by atoms with E-state index in [-0.39, 0.29) is 11.6 Å². The fraction of sp³-hybridized carbons (Fsp3) is 0.545. The molecular formula is C11H19N3O. The fourth-order valence-corrected chi connectivity index (χ4v) is 1.04. The van der Waals surface area contributed by atoms with E-state index in [1.54, 1.807) is 7.11 Å². The highest BCUT2D eigenvalue weighted by atomic mass is 16.5. The van der Waals surface area contributed by atoms with Crippen molar-refractivity contribution in [3.63, 3.8) is 0 Å². The van der Waals surface area contributed by atoms with Crippen molar-refractivity contribution in [1.29, 1.82) is 0 Å². The van der Waals surface area contributed by atoms with Crippen LogP contribution in [0.5, 0.6) is 5.88 Å². The third-order valence-corrected chi connectivity index (χ3v) is 2.52. The standard InChI is InChI=1S/C11H19N3O/c1-8(12)11(2,3)14-9-6-5-7-10(13-9)15-4/h5-8H,12H2,1-4H3,(H,13,14). The first-order chi connectivity index (χ1) is 6.95. The molecule has 0 amide bonds. The van der Waals surface area contributed by atoms with E-state index >= 15 is 0 Å². The minimum absolute atomic E-state index is 0.0329. The molecule has 0 spiro atoms. The van der Waals surface area contributed by atoms with Gasteiger partial charge in [-0.25, -0.2) is 0 Å². The lowest BCUT2D eigenvalue weighted by molar-refractivity contribution is 0.397. The molecule has 0 saturated heterocycles. The molecule has 1 aromatic heterocycles. The van der Waals surface area contributed by atoms with Crippen LogP contribution < -0.4 is 15.8 Å². The molecule has 0 aliphatic rings. The van der Waals surface area contributed by atoms with Crippen molar-refractivity contribution in [3.8, 4) is 5.88 Å². The van der Waals surface area contributed by atoms with Gasteiger partial charge in [0.2, 0.25) is 5.88 Å². The predicted molar refractivity (Wildman–Crippen MR) is 62.1 cm³/mol. The predicted octanol–water partition coefficient (Wildman–Crippen LogP) is 1.63. The summed E-state index contributed by atoms with van der Waals surface area (Å²) in [5.74, 6) is 1.37. The third kappa shape index (κ3) is 3.09. The molecule has 4 heteroatoms. The normalized spacial score (nSPS) is 13.4. The minimum Gasteiger partial charge on any atom is -0.481 e. The molecule has 0 fully saturated rings. The van der Waals surface area contributed by atoms with Gasteiger partial charge in [0, 0.05) is 17.6 Å². The molecule has 0 saturated carbocycles. The molecule has 3 N–H and O–H groups in total. The van der Waals surface area contributed by atoms with Crippen LogP contribution in [-0.2, 0) is 0 Å². The maximum Gasteiger partial charge on any atom is 0.214 e. The number of hydrogen-bond acceptors (Lipinski definition) is 4. The van der Waals surface area contributed by atoms with Gasteiger partial charge in [-0.05, 0) is 26.8 Å². The molecule has 4 nitrogen and oxygen atoms in total. The second-order valence-corrected chi connectivity index (χ2v) is 4.20. The molecule has 1 unspecified atom stereocenters. The lowest BCUT2D eigenvalue weighted by Gasteiger charge is -2.30. The maximum absolute atomic E-state index is 5.87. The molecule has 0 aliphatic carbocycles. The number of aromatic nitrogens is 1. The Hall–Kier alpha value is -1.29. The largest absolute Gasteiger partial charge is 0.481 e. The van der Waals surface area contributed by atoms with Crippen LogP contribution in [0.15, 0.2) is 18.2 Å². The quantitative estimate of drug-likeness (QED) is 0.791. The topological polar surface area (TPSA) is 60.2 Å². The average molecular weight is 209 g/mol. The number of hydrogen-bond donors (Lipinski definition) is 2. The Bertz CT molecular complexity index is 323. The smallest absolute Gasteiger partial charge is 0.214 e. The zero-order chi connectivity index (χ0) is 11.5. The fourth-order valence-electron chi connectivity index (χ4n) is 1.04. The van der Waals surface area contributed by atoms with E-state index in [0.29, 0.717) is 5.88 Å². The number of nitrogens with zero attached hydrogens (tertiary/aromatic N) is 1. The maximum atomic E-state index is 5.87. The highest BCUT2D eigenvalue weighted by Crippen LogP contribution is 2.17. The van der Waals surface area contributed by atoms with Gasteiger partial charge in [-0.1, -0.05) is 6.07 Å². The second kappa shape index (κ2) is 4.49. The molecule has 1 heterocycles. The number of pyridine rings is 1. The van der Waals surface area contributed by atoms with E-state index < -0.39 is 0 Å². The Balaban J connectivity index is 2.80. The van der Waals surface area contributed by atoms with Crippen LogP contribution in [0.4, 0.5) is 5.82 Å². The van der Waals surface area contributed by atoms with Crippen molar-refractivity contribution >= 4 is 5.82 Å². The van der Waals surface area contributed by atoms with Crippen molar-refractivity contribution in [3.05, 3.63) is 18.2 Å². The lowest BCUT2D eigenvalue weighted by Crippen LogP contribution is -2.47. The SMILES string of the molecule is COc1cccc(NC(C)(C)C(C)N)n1. The lowest BCUT2D eigenvalue weighted by atomic mass is 9.97. The summed E-state index contributed by atoms with van der Waals surface area (Å²) >= 11 is 0. The van der Waals surface area contributed by atoms with Gasteiger partial charge in [-0.3, -0.25) is 0 Å². The van der Waals surface area contributed by atoms with E-state index in [1.807, 2.05) is 39.0 Å². The van der Waals surface area contributed by atoms with Gasteiger partial charge in [-0.15, -0.1) is 0 Å². The van der Waals surface area contributed by atoms with Crippen molar-refractivity contribution in [2.75, 3.05) is 12.4 Å². The number of ether oxygens (including phenoxy) is 1. The number of rotatable bonds is 4. The van der Waals surface area contributed by atoms with Crippen LogP contribution in [0.25, 0.3) is 0 Å². The molecule has 15 heavy (non-hydrogen) atoms.